The Morgan fingerprint density at radius 2 is 1.96 bits per heavy atom. The van der Waals surface area contributed by atoms with E-state index in [1.807, 2.05) is 13.0 Å². The van der Waals surface area contributed by atoms with E-state index in [0.717, 1.165) is 18.4 Å². The van der Waals surface area contributed by atoms with Crippen LogP contribution in [0.3, 0.4) is 0 Å². The van der Waals surface area contributed by atoms with Crippen LogP contribution in [-0.2, 0) is 10.0 Å². The maximum atomic E-state index is 12.7. The summed E-state index contributed by atoms with van der Waals surface area (Å²) in [5, 5.41) is 11.9. The lowest BCUT2D eigenvalue weighted by atomic mass is 10.2. The van der Waals surface area contributed by atoms with Crippen molar-refractivity contribution in [1.82, 2.24) is 20.2 Å². The van der Waals surface area contributed by atoms with Crippen LogP contribution in [0.5, 0.6) is 5.75 Å². The van der Waals surface area contributed by atoms with Gasteiger partial charge in [0.25, 0.3) is 10.0 Å². The molecular weight excluding hydrogens is 366 g/mol. The molecule has 0 saturated heterocycles. The fourth-order valence-electron chi connectivity index (χ4n) is 2.77. The van der Waals surface area contributed by atoms with Gasteiger partial charge in [-0.3, -0.25) is 4.72 Å². The summed E-state index contributed by atoms with van der Waals surface area (Å²) in [5.74, 6) is 1.27. The van der Waals surface area contributed by atoms with Gasteiger partial charge in [0.15, 0.2) is 5.82 Å². The van der Waals surface area contributed by atoms with Gasteiger partial charge in [0.1, 0.15) is 5.75 Å². The Morgan fingerprint density at radius 3 is 2.67 bits per heavy atom. The van der Waals surface area contributed by atoms with Crippen molar-refractivity contribution < 1.29 is 13.2 Å². The first-order chi connectivity index (χ1) is 13.1. The average molecular weight is 385 g/mol. The molecule has 0 aliphatic heterocycles. The monoisotopic (exact) mass is 385 g/mol. The van der Waals surface area contributed by atoms with Gasteiger partial charge in [0.2, 0.25) is 0 Å². The van der Waals surface area contributed by atoms with Crippen LogP contribution in [0.2, 0.25) is 0 Å². The lowest BCUT2D eigenvalue weighted by molar-refractivity contribution is 0.340. The van der Waals surface area contributed by atoms with E-state index in [1.54, 1.807) is 35.0 Å². The van der Waals surface area contributed by atoms with E-state index in [4.69, 9.17) is 4.74 Å². The molecule has 1 heterocycles. The molecule has 1 aliphatic rings. The summed E-state index contributed by atoms with van der Waals surface area (Å²) in [4.78, 5) is 0.166. The minimum absolute atomic E-state index is 0.166. The molecule has 0 atom stereocenters. The molecule has 1 aliphatic carbocycles. The highest BCUT2D eigenvalue weighted by Gasteiger charge is 2.28. The smallest absolute Gasteiger partial charge is 0.261 e. The first-order valence-electron chi connectivity index (χ1n) is 8.71. The zero-order valence-corrected chi connectivity index (χ0v) is 15.6. The van der Waals surface area contributed by atoms with Crippen molar-refractivity contribution in [2.24, 2.45) is 0 Å². The number of nitrogens with zero attached hydrogens (tertiary/aromatic N) is 4. The van der Waals surface area contributed by atoms with Crippen molar-refractivity contribution in [3.63, 3.8) is 0 Å². The largest absolute Gasteiger partial charge is 0.494 e. The summed E-state index contributed by atoms with van der Waals surface area (Å²) >= 11 is 0. The molecule has 4 rings (SSSR count). The average Bonchev–Trinajstić information content (AvgIpc) is 3.39. The van der Waals surface area contributed by atoms with Gasteiger partial charge >= 0.3 is 0 Å². The zero-order chi connectivity index (χ0) is 18.9. The van der Waals surface area contributed by atoms with Crippen LogP contribution >= 0.6 is 0 Å². The molecule has 2 aromatic carbocycles. The topological polar surface area (TPSA) is 99.0 Å². The molecular formula is C18H19N5O3S. The molecule has 3 aromatic rings. The van der Waals surface area contributed by atoms with Gasteiger partial charge in [0.05, 0.1) is 17.5 Å². The van der Waals surface area contributed by atoms with Gasteiger partial charge in [-0.2, -0.15) is 0 Å². The summed E-state index contributed by atoms with van der Waals surface area (Å²) in [6.45, 7) is 2.40. The maximum Gasteiger partial charge on any atom is 0.261 e. The van der Waals surface area contributed by atoms with Gasteiger partial charge in [0, 0.05) is 11.3 Å². The molecule has 27 heavy (non-hydrogen) atoms. The van der Waals surface area contributed by atoms with Crippen LogP contribution in [0.15, 0.2) is 53.4 Å². The summed E-state index contributed by atoms with van der Waals surface area (Å²) < 4.78 is 35.1. The van der Waals surface area contributed by atoms with Gasteiger partial charge in [-0.25, -0.2) is 13.1 Å². The van der Waals surface area contributed by atoms with Crippen molar-refractivity contribution in [1.29, 1.82) is 0 Å². The lowest BCUT2D eigenvalue weighted by Crippen LogP contribution is -2.13. The third-order valence-electron chi connectivity index (χ3n) is 4.20. The predicted molar refractivity (Wildman–Crippen MR) is 99.9 cm³/mol. The van der Waals surface area contributed by atoms with Crippen molar-refractivity contribution in [2.75, 3.05) is 11.3 Å². The fourth-order valence-corrected chi connectivity index (χ4v) is 3.82. The number of rotatable bonds is 7. The Labute approximate surface area is 157 Å². The lowest BCUT2D eigenvalue weighted by Gasteiger charge is -2.10. The molecule has 0 bridgehead atoms. The number of nitrogens with one attached hydrogen (secondary N) is 1. The first-order valence-corrected chi connectivity index (χ1v) is 10.2. The van der Waals surface area contributed by atoms with Crippen molar-refractivity contribution in [3.8, 4) is 17.1 Å². The number of ether oxygens (including phenoxy) is 1. The molecule has 0 radical (unpaired) electrons. The van der Waals surface area contributed by atoms with Crippen molar-refractivity contribution in [2.45, 2.75) is 30.7 Å². The Bertz CT molecular complexity index is 1040. The second-order valence-electron chi connectivity index (χ2n) is 6.27. The Kier molecular flexibility index (Phi) is 4.53. The fraction of sp³-hybridized carbons (Fsp3) is 0.278. The molecule has 0 amide bonds. The SMILES string of the molecule is CCOc1ccc(S(=O)(=O)Nc2cccc(-c3nnnn3C3CC3)c2)cc1. The highest BCUT2D eigenvalue weighted by Crippen LogP contribution is 2.36. The molecule has 1 fully saturated rings. The van der Waals surface area contributed by atoms with Crippen LogP contribution < -0.4 is 9.46 Å². The number of anilines is 1. The highest BCUT2D eigenvalue weighted by atomic mass is 32.2. The van der Waals surface area contributed by atoms with E-state index < -0.39 is 10.0 Å². The van der Waals surface area contributed by atoms with Crippen molar-refractivity contribution in [3.05, 3.63) is 48.5 Å². The normalized spacial score (nSPS) is 14.1. The standard InChI is InChI=1S/C18H19N5O3S/c1-2-26-16-8-10-17(11-9-16)27(24,25)20-14-5-3-4-13(12-14)18-19-21-22-23(18)15-6-7-15/h3-5,8-12,15,20H,2,6-7H2,1H3. The highest BCUT2D eigenvalue weighted by molar-refractivity contribution is 7.92. The van der Waals surface area contributed by atoms with Gasteiger partial charge < -0.3 is 4.74 Å². The van der Waals surface area contributed by atoms with E-state index in [1.165, 1.54) is 12.1 Å². The number of hydrogen-bond donors (Lipinski definition) is 1. The van der Waals surface area contributed by atoms with Crippen LogP contribution in [0, 0.1) is 0 Å². The molecule has 9 heteroatoms. The Hall–Kier alpha value is -2.94. The van der Waals surface area contributed by atoms with Crippen molar-refractivity contribution >= 4 is 15.7 Å². The maximum absolute atomic E-state index is 12.7. The van der Waals surface area contributed by atoms with Gasteiger partial charge in [-0.1, -0.05) is 12.1 Å². The van der Waals surface area contributed by atoms with Gasteiger partial charge in [-0.05, 0) is 66.6 Å². The molecule has 8 nitrogen and oxygen atoms in total. The van der Waals surface area contributed by atoms with Crippen LogP contribution in [0.1, 0.15) is 25.8 Å². The second-order valence-corrected chi connectivity index (χ2v) is 7.95. The number of aromatic nitrogens is 4. The van der Waals surface area contributed by atoms with E-state index >= 15 is 0 Å². The van der Waals surface area contributed by atoms with E-state index in [0.29, 0.717) is 29.9 Å². The van der Waals surface area contributed by atoms with Crippen LogP contribution in [0.25, 0.3) is 11.4 Å². The minimum Gasteiger partial charge on any atom is -0.494 e. The third-order valence-corrected chi connectivity index (χ3v) is 5.60. The molecule has 1 aromatic heterocycles. The van der Waals surface area contributed by atoms with E-state index in [9.17, 15) is 8.42 Å². The number of tetrazole rings is 1. The molecule has 1 saturated carbocycles. The quantitative estimate of drug-likeness (QED) is 0.671. The second kappa shape index (κ2) is 6.99. The Morgan fingerprint density at radius 1 is 1.19 bits per heavy atom. The van der Waals surface area contributed by atoms with E-state index in [-0.39, 0.29) is 4.90 Å². The Balaban J connectivity index is 1.57. The van der Waals surface area contributed by atoms with Gasteiger partial charge in [-0.15, -0.1) is 5.10 Å². The molecule has 0 spiro atoms. The number of benzene rings is 2. The number of sulfonamides is 1. The first kappa shape index (κ1) is 17.5. The van der Waals surface area contributed by atoms with Crippen LogP contribution in [0.4, 0.5) is 5.69 Å². The summed E-state index contributed by atoms with van der Waals surface area (Å²) in [6.07, 6.45) is 2.12. The minimum atomic E-state index is -3.71. The summed E-state index contributed by atoms with van der Waals surface area (Å²) in [6, 6.07) is 13.7. The third kappa shape index (κ3) is 3.77. The molecule has 0 unspecified atom stereocenters. The predicted octanol–water partition coefficient (Wildman–Crippen LogP) is 2.87. The van der Waals surface area contributed by atoms with E-state index in [2.05, 4.69) is 20.2 Å². The molecule has 140 valence electrons. The number of hydrogen-bond acceptors (Lipinski definition) is 6. The summed E-state index contributed by atoms with van der Waals surface area (Å²) in [5.41, 5.74) is 1.21. The summed E-state index contributed by atoms with van der Waals surface area (Å²) in [7, 11) is -3.71. The van der Waals surface area contributed by atoms with Crippen LogP contribution in [-0.4, -0.2) is 35.2 Å². The zero-order valence-electron chi connectivity index (χ0n) is 14.7. The molecule has 1 N–H and O–H groups in total.